The van der Waals surface area contributed by atoms with E-state index in [0.717, 1.165) is 0 Å². The van der Waals surface area contributed by atoms with E-state index in [4.69, 9.17) is 14.2 Å². The van der Waals surface area contributed by atoms with Crippen LogP contribution < -0.4 is 10.9 Å². The molecule has 0 spiro atoms. The van der Waals surface area contributed by atoms with E-state index in [1.165, 1.54) is 6.33 Å². The summed E-state index contributed by atoms with van der Waals surface area (Å²) in [5.41, 5.74) is 0.598. The second kappa shape index (κ2) is 11.9. The lowest BCUT2D eigenvalue weighted by molar-refractivity contribution is -0.0554. The summed E-state index contributed by atoms with van der Waals surface area (Å²) in [6, 6.07) is 17.1. The van der Waals surface area contributed by atoms with Gasteiger partial charge in [-0.15, -0.1) is 0 Å². The van der Waals surface area contributed by atoms with Gasteiger partial charge in [-0.3, -0.25) is 14.3 Å². The van der Waals surface area contributed by atoms with Crippen LogP contribution in [-0.4, -0.2) is 56.3 Å². The van der Waals surface area contributed by atoms with Crippen LogP contribution in [0.3, 0.4) is 0 Å². The van der Waals surface area contributed by atoms with Gasteiger partial charge in [0.2, 0.25) is 5.95 Å². The zero-order chi connectivity index (χ0) is 29.1. The molecule has 11 nitrogen and oxygen atoms in total. The number of ether oxygens (including phenoxy) is 3. The highest BCUT2D eigenvalue weighted by molar-refractivity contribution is 5.90. The van der Waals surface area contributed by atoms with Gasteiger partial charge in [0.1, 0.15) is 6.10 Å². The summed E-state index contributed by atoms with van der Waals surface area (Å²) in [5, 5.41) is 3.13. The van der Waals surface area contributed by atoms with Crippen LogP contribution >= 0.6 is 0 Å². The monoisotopic (exact) mass is 559 g/mol. The highest BCUT2D eigenvalue weighted by atomic mass is 16.6. The summed E-state index contributed by atoms with van der Waals surface area (Å²) in [5.74, 6) is -0.713. The van der Waals surface area contributed by atoms with Gasteiger partial charge in [-0.25, -0.2) is 14.6 Å². The van der Waals surface area contributed by atoms with Gasteiger partial charge in [0, 0.05) is 6.54 Å². The summed E-state index contributed by atoms with van der Waals surface area (Å²) in [6.07, 6.45) is -2.24. The number of esters is 2. The van der Waals surface area contributed by atoms with E-state index in [1.54, 1.807) is 65.2 Å². The van der Waals surface area contributed by atoms with Crippen LogP contribution in [0, 0.1) is 11.8 Å². The van der Waals surface area contributed by atoms with Gasteiger partial charge in [0.05, 0.1) is 17.5 Å². The van der Waals surface area contributed by atoms with E-state index in [9.17, 15) is 14.4 Å². The molecule has 214 valence electrons. The van der Waals surface area contributed by atoms with E-state index in [-0.39, 0.29) is 23.0 Å². The van der Waals surface area contributed by atoms with Gasteiger partial charge in [0.25, 0.3) is 5.56 Å². The second-order valence-electron chi connectivity index (χ2n) is 10.7. The number of imidazole rings is 1. The van der Waals surface area contributed by atoms with Crippen LogP contribution in [0.2, 0.25) is 0 Å². The van der Waals surface area contributed by atoms with Crippen LogP contribution in [0.4, 0.5) is 5.95 Å². The number of carbonyl (C=O) groups excluding carboxylic acids is 2. The molecule has 0 aliphatic carbocycles. The molecule has 1 aliphatic rings. The minimum Gasteiger partial charge on any atom is -0.452 e. The Morgan fingerprint density at radius 3 is 2.10 bits per heavy atom. The molecule has 11 heteroatoms. The van der Waals surface area contributed by atoms with Crippen molar-refractivity contribution >= 4 is 29.1 Å². The first kappa shape index (κ1) is 28.0. The molecule has 1 fully saturated rings. The maximum Gasteiger partial charge on any atom is 0.338 e. The third-order valence-electron chi connectivity index (χ3n) is 6.77. The van der Waals surface area contributed by atoms with Crippen molar-refractivity contribution in [2.24, 2.45) is 11.8 Å². The molecule has 0 saturated carbocycles. The molecule has 2 N–H and O–H groups in total. The SMILES string of the molecule is CC(C)CNc1nc2c(ncn2[C@@H]2O[C@H](C(C)C)C(OC(=O)c3ccccc3)[C@@H]2OC(=O)c2ccccc2)c(=O)[nH]1. The number of hydrogen-bond donors (Lipinski definition) is 2. The normalized spacial score (nSPS) is 20.4. The first-order valence-electron chi connectivity index (χ1n) is 13.6. The summed E-state index contributed by atoms with van der Waals surface area (Å²) in [4.78, 5) is 50.9. The molecule has 1 aliphatic heterocycles. The fraction of sp³-hybridized carbons (Fsp3) is 0.367. The van der Waals surface area contributed by atoms with Crippen LogP contribution in [0.15, 0.2) is 71.8 Å². The number of fused-ring (bicyclic) bond motifs is 1. The summed E-state index contributed by atoms with van der Waals surface area (Å²) in [7, 11) is 0. The Morgan fingerprint density at radius 1 is 0.951 bits per heavy atom. The van der Waals surface area contributed by atoms with Crippen molar-refractivity contribution in [1.29, 1.82) is 0 Å². The van der Waals surface area contributed by atoms with Crippen LogP contribution in [0.25, 0.3) is 11.2 Å². The molecular weight excluding hydrogens is 526 g/mol. The zero-order valence-electron chi connectivity index (χ0n) is 23.3. The molecule has 3 heterocycles. The molecule has 41 heavy (non-hydrogen) atoms. The Labute approximate surface area is 236 Å². The predicted octanol–water partition coefficient (Wildman–Crippen LogP) is 4.19. The van der Waals surface area contributed by atoms with E-state index in [1.807, 2.05) is 27.7 Å². The van der Waals surface area contributed by atoms with E-state index >= 15 is 0 Å². The predicted molar refractivity (Wildman–Crippen MR) is 152 cm³/mol. The molecule has 4 atom stereocenters. The zero-order valence-corrected chi connectivity index (χ0v) is 23.3. The van der Waals surface area contributed by atoms with Crippen molar-refractivity contribution in [3.63, 3.8) is 0 Å². The Hall–Kier alpha value is -4.51. The molecule has 0 radical (unpaired) electrons. The van der Waals surface area contributed by atoms with Gasteiger partial charge in [-0.1, -0.05) is 64.1 Å². The number of aromatic amines is 1. The third kappa shape index (κ3) is 5.99. The highest BCUT2D eigenvalue weighted by Gasteiger charge is 2.52. The van der Waals surface area contributed by atoms with E-state index < -0.39 is 42.0 Å². The molecule has 5 rings (SSSR count). The molecule has 1 saturated heterocycles. The Bertz CT molecular complexity index is 1570. The fourth-order valence-corrected chi connectivity index (χ4v) is 4.71. The first-order valence-corrected chi connectivity index (χ1v) is 13.6. The third-order valence-corrected chi connectivity index (χ3v) is 6.77. The maximum absolute atomic E-state index is 13.3. The number of nitrogens with one attached hydrogen (secondary N) is 2. The van der Waals surface area contributed by atoms with Crippen molar-refractivity contribution in [2.45, 2.75) is 52.2 Å². The Balaban J connectivity index is 1.56. The number of nitrogens with zero attached hydrogens (tertiary/aromatic N) is 3. The van der Waals surface area contributed by atoms with Crippen LogP contribution in [-0.2, 0) is 14.2 Å². The number of aromatic nitrogens is 4. The summed E-state index contributed by atoms with van der Waals surface area (Å²) < 4.78 is 20.0. The number of rotatable bonds is 9. The molecule has 0 amide bonds. The van der Waals surface area contributed by atoms with Crippen molar-refractivity contribution in [3.05, 3.63) is 88.5 Å². The number of carbonyl (C=O) groups is 2. The smallest absolute Gasteiger partial charge is 0.338 e. The standard InChI is InChI=1S/C30H33N5O6/c1-17(2)15-31-30-33-25-21(26(36)34-30)32-16-35(25)27-24(41-29(38)20-13-9-6-10-14-20)23(22(39-27)18(3)4)40-28(37)19-11-7-5-8-12-19/h5-14,16-18,22-24,27H,15H2,1-4H3,(H2,31,33,34,36)/t22-,23?,24+,27-/m1/s1. The quantitative estimate of drug-likeness (QED) is 0.289. The lowest BCUT2D eigenvalue weighted by atomic mass is 9.99. The van der Waals surface area contributed by atoms with Crippen molar-refractivity contribution in [1.82, 2.24) is 19.5 Å². The molecule has 2 aromatic heterocycles. The molecule has 1 unspecified atom stereocenters. The van der Waals surface area contributed by atoms with Gasteiger partial charge < -0.3 is 19.5 Å². The van der Waals surface area contributed by atoms with Crippen molar-refractivity contribution in [2.75, 3.05) is 11.9 Å². The summed E-state index contributed by atoms with van der Waals surface area (Å²) >= 11 is 0. The van der Waals surface area contributed by atoms with Crippen molar-refractivity contribution < 1.29 is 23.8 Å². The van der Waals surface area contributed by atoms with Gasteiger partial charge in [0.15, 0.2) is 29.6 Å². The molecule has 2 aromatic carbocycles. The molecule has 4 aromatic rings. The van der Waals surface area contributed by atoms with Crippen LogP contribution in [0.1, 0.15) is 54.6 Å². The lowest BCUT2D eigenvalue weighted by Gasteiger charge is -2.26. The second-order valence-corrected chi connectivity index (χ2v) is 10.7. The number of benzene rings is 2. The molecule has 0 bridgehead atoms. The first-order chi connectivity index (χ1) is 19.7. The van der Waals surface area contributed by atoms with Crippen molar-refractivity contribution in [3.8, 4) is 0 Å². The van der Waals surface area contributed by atoms with Gasteiger partial charge in [-0.05, 0) is 36.1 Å². The fourth-order valence-electron chi connectivity index (χ4n) is 4.71. The maximum atomic E-state index is 13.3. The minimum atomic E-state index is -1.08. The summed E-state index contributed by atoms with van der Waals surface area (Å²) in [6.45, 7) is 8.52. The topological polar surface area (TPSA) is 137 Å². The molecular formula is C30H33N5O6. The van der Waals surface area contributed by atoms with Gasteiger partial charge >= 0.3 is 11.9 Å². The highest BCUT2D eigenvalue weighted by Crippen LogP contribution is 2.39. The van der Waals surface area contributed by atoms with E-state index in [2.05, 4.69) is 20.3 Å². The van der Waals surface area contributed by atoms with Gasteiger partial charge in [-0.2, -0.15) is 4.98 Å². The lowest BCUT2D eigenvalue weighted by Crippen LogP contribution is -2.41. The van der Waals surface area contributed by atoms with E-state index in [0.29, 0.717) is 23.6 Å². The van der Waals surface area contributed by atoms with Crippen LogP contribution in [0.5, 0.6) is 0 Å². The minimum absolute atomic E-state index is 0.0997. The Kier molecular flexibility index (Phi) is 8.16. The average Bonchev–Trinajstić information content (AvgIpc) is 3.54. The number of hydrogen-bond acceptors (Lipinski definition) is 9. The average molecular weight is 560 g/mol. The number of anilines is 1. The largest absolute Gasteiger partial charge is 0.452 e. The Morgan fingerprint density at radius 2 is 1.54 bits per heavy atom. The number of H-pyrrole nitrogens is 1.